The van der Waals surface area contributed by atoms with Gasteiger partial charge in [-0.05, 0) is 29.2 Å². The van der Waals surface area contributed by atoms with Crippen LogP contribution in [0, 0.1) is 5.41 Å². The molecule has 1 amide bonds. The molecule has 0 fully saturated rings. The van der Waals surface area contributed by atoms with Gasteiger partial charge < -0.3 is 16.2 Å². The van der Waals surface area contributed by atoms with Gasteiger partial charge in [0.15, 0.2) is 0 Å². The van der Waals surface area contributed by atoms with E-state index in [1.165, 1.54) is 0 Å². The Kier molecular flexibility index (Phi) is 8.00. The molecule has 0 bridgehead atoms. The summed E-state index contributed by atoms with van der Waals surface area (Å²) >= 11 is 11.7. The van der Waals surface area contributed by atoms with Gasteiger partial charge in [-0.2, -0.15) is 0 Å². The van der Waals surface area contributed by atoms with Crippen molar-refractivity contribution in [2.24, 2.45) is 11.1 Å². The van der Waals surface area contributed by atoms with Gasteiger partial charge >= 0.3 is 0 Å². The Morgan fingerprint density at radius 1 is 1.29 bits per heavy atom. The lowest BCUT2D eigenvalue weighted by molar-refractivity contribution is -0.125. The van der Waals surface area contributed by atoms with E-state index in [2.05, 4.69) is 5.32 Å². The lowest BCUT2D eigenvalue weighted by Gasteiger charge is -2.26. The molecule has 0 aliphatic rings. The molecule has 0 saturated carbocycles. The molecular formula is C14H21Cl3N2O2. The maximum absolute atomic E-state index is 11.9. The quantitative estimate of drug-likeness (QED) is 0.777. The van der Waals surface area contributed by atoms with Crippen LogP contribution in [0.15, 0.2) is 18.2 Å². The van der Waals surface area contributed by atoms with E-state index in [4.69, 9.17) is 28.9 Å². The highest BCUT2D eigenvalue weighted by atomic mass is 35.5. The predicted molar refractivity (Wildman–Crippen MR) is 89.1 cm³/mol. The van der Waals surface area contributed by atoms with Crippen LogP contribution in [0.3, 0.4) is 0 Å². The number of nitrogens with two attached hydrogens (primary N) is 1. The fraction of sp³-hybridized carbons (Fsp3) is 0.500. The monoisotopic (exact) mass is 354 g/mol. The highest BCUT2D eigenvalue weighted by Gasteiger charge is 2.27. The van der Waals surface area contributed by atoms with Crippen molar-refractivity contribution in [1.82, 2.24) is 5.32 Å². The third-order valence-corrected chi connectivity index (χ3v) is 3.39. The lowest BCUT2D eigenvalue weighted by atomic mass is 9.87. The number of halogens is 3. The Morgan fingerprint density at radius 2 is 1.76 bits per heavy atom. The minimum Gasteiger partial charge on any atom is -0.387 e. The molecule has 0 radical (unpaired) electrons. The molecule has 1 rings (SSSR count). The molecule has 0 saturated heterocycles. The third-order valence-electron chi connectivity index (χ3n) is 2.95. The second kappa shape index (κ2) is 8.20. The van der Waals surface area contributed by atoms with Crippen molar-refractivity contribution in [3.05, 3.63) is 33.8 Å². The van der Waals surface area contributed by atoms with E-state index in [-0.39, 0.29) is 30.3 Å². The second-order valence-corrected chi connectivity index (χ2v) is 6.68. The Bertz CT molecular complexity index is 469. The average molecular weight is 356 g/mol. The molecule has 0 aromatic heterocycles. The number of aliphatic hydroxyl groups is 1. The summed E-state index contributed by atoms with van der Waals surface area (Å²) in [4.78, 5) is 11.9. The lowest BCUT2D eigenvalue weighted by Crippen LogP contribution is -2.49. The van der Waals surface area contributed by atoms with E-state index in [0.29, 0.717) is 15.6 Å². The minimum absolute atomic E-state index is 0. The van der Waals surface area contributed by atoms with E-state index < -0.39 is 12.1 Å². The van der Waals surface area contributed by atoms with Gasteiger partial charge in [-0.1, -0.05) is 44.0 Å². The number of nitrogens with one attached hydrogen (secondary N) is 1. The summed E-state index contributed by atoms with van der Waals surface area (Å²) in [5.41, 5.74) is 6.04. The summed E-state index contributed by atoms with van der Waals surface area (Å²) in [5.74, 6) is -0.301. The summed E-state index contributed by atoms with van der Waals surface area (Å²) in [7, 11) is 0. The number of hydrogen-bond acceptors (Lipinski definition) is 3. The van der Waals surface area contributed by atoms with Gasteiger partial charge in [-0.25, -0.2) is 0 Å². The predicted octanol–water partition coefficient (Wildman–Crippen LogP) is 2.94. The largest absolute Gasteiger partial charge is 0.387 e. The van der Waals surface area contributed by atoms with Crippen molar-refractivity contribution >= 4 is 41.5 Å². The number of carbonyl (C=O) groups excluding carboxylic acids is 1. The van der Waals surface area contributed by atoms with Gasteiger partial charge in [-0.3, -0.25) is 4.79 Å². The molecule has 0 aliphatic carbocycles. The van der Waals surface area contributed by atoms with E-state index in [1.54, 1.807) is 18.2 Å². The summed E-state index contributed by atoms with van der Waals surface area (Å²) in [6.45, 7) is 5.69. The number of rotatable bonds is 4. The van der Waals surface area contributed by atoms with Gasteiger partial charge in [0.2, 0.25) is 5.91 Å². The third kappa shape index (κ3) is 6.41. The minimum atomic E-state index is -0.887. The smallest absolute Gasteiger partial charge is 0.237 e. The van der Waals surface area contributed by atoms with Crippen LogP contribution < -0.4 is 11.1 Å². The van der Waals surface area contributed by atoms with Crippen molar-refractivity contribution in [2.75, 3.05) is 6.54 Å². The summed E-state index contributed by atoms with van der Waals surface area (Å²) in [5, 5.41) is 13.5. The zero-order valence-corrected chi connectivity index (χ0v) is 14.5. The van der Waals surface area contributed by atoms with Crippen LogP contribution in [-0.4, -0.2) is 23.6 Å². The van der Waals surface area contributed by atoms with Gasteiger partial charge in [0.1, 0.15) is 0 Å². The highest BCUT2D eigenvalue weighted by Crippen LogP contribution is 2.23. The number of benzene rings is 1. The van der Waals surface area contributed by atoms with Gasteiger partial charge in [0.05, 0.1) is 12.1 Å². The molecule has 1 unspecified atom stereocenters. The van der Waals surface area contributed by atoms with Crippen molar-refractivity contribution in [2.45, 2.75) is 32.9 Å². The van der Waals surface area contributed by atoms with Crippen LogP contribution in [0.2, 0.25) is 10.0 Å². The van der Waals surface area contributed by atoms with Gasteiger partial charge in [0, 0.05) is 16.6 Å². The zero-order chi connectivity index (χ0) is 15.5. The van der Waals surface area contributed by atoms with Crippen LogP contribution in [0.1, 0.15) is 32.4 Å². The Hall–Kier alpha value is -0.520. The van der Waals surface area contributed by atoms with Crippen LogP contribution in [0.4, 0.5) is 0 Å². The van der Waals surface area contributed by atoms with Gasteiger partial charge in [0.25, 0.3) is 0 Å². The second-order valence-electron chi connectivity index (χ2n) is 5.81. The molecule has 1 aromatic rings. The topological polar surface area (TPSA) is 75.4 Å². The number of amides is 1. The molecule has 1 aromatic carbocycles. The van der Waals surface area contributed by atoms with E-state index in [1.807, 2.05) is 20.8 Å². The Morgan fingerprint density at radius 3 is 2.19 bits per heavy atom. The standard InChI is InChI=1S/C14H20Cl2N2O2.ClH/c1-14(2,3)12(17)13(20)18-7-11(19)8-4-9(15)6-10(16)5-8;/h4-6,11-12,19H,7,17H2,1-3H3,(H,18,20);1H/t11?,12-;/m1./s1. The van der Waals surface area contributed by atoms with Crippen molar-refractivity contribution < 1.29 is 9.90 Å². The molecule has 4 N–H and O–H groups in total. The molecule has 4 nitrogen and oxygen atoms in total. The maximum Gasteiger partial charge on any atom is 0.237 e. The normalized spacial score (nSPS) is 14.0. The number of hydrogen-bond donors (Lipinski definition) is 3. The molecular weight excluding hydrogens is 335 g/mol. The van der Waals surface area contributed by atoms with Crippen LogP contribution in [-0.2, 0) is 4.79 Å². The van der Waals surface area contributed by atoms with Crippen LogP contribution in [0.25, 0.3) is 0 Å². The van der Waals surface area contributed by atoms with Crippen molar-refractivity contribution in [3.8, 4) is 0 Å². The van der Waals surface area contributed by atoms with E-state index >= 15 is 0 Å². The summed E-state index contributed by atoms with van der Waals surface area (Å²) in [6, 6.07) is 4.15. The van der Waals surface area contributed by atoms with Crippen molar-refractivity contribution in [1.29, 1.82) is 0 Å². The van der Waals surface area contributed by atoms with Crippen LogP contribution >= 0.6 is 35.6 Å². The van der Waals surface area contributed by atoms with Gasteiger partial charge in [-0.15, -0.1) is 12.4 Å². The molecule has 21 heavy (non-hydrogen) atoms. The number of aliphatic hydroxyl groups excluding tert-OH is 1. The SMILES string of the molecule is CC(C)(C)[C@H](N)C(=O)NCC(O)c1cc(Cl)cc(Cl)c1.Cl. The maximum atomic E-state index is 11.9. The molecule has 2 atom stereocenters. The Balaban J connectivity index is 0.00000400. The summed E-state index contributed by atoms with van der Waals surface area (Å²) in [6.07, 6.45) is -0.887. The highest BCUT2D eigenvalue weighted by molar-refractivity contribution is 6.34. The molecule has 0 heterocycles. The zero-order valence-electron chi connectivity index (χ0n) is 12.2. The first-order valence-corrected chi connectivity index (χ1v) is 7.04. The molecule has 7 heteroatoms. The van der Waals surface area contributed by atoms with E-state index in [0.717, 1.165) is 0 Å². The fourth-order valence-electron chi connectivity index (χ4n) is 1.59. The van der Waals surface area contributed by atoms with Crippen molar-refractivity contribution in [3.63, 3.8) is 0 Å². The average Bonchev–Trinajstić information content (AvgIpc) is 2.32. The molecule has 0 spiro atoms. The first kappa shape index (κ1) is 20.5. The molecule has 120 valence electrons. The summed E-state index contributed by atoms with van der Waals surface area (Å²) < 4.78 is 0. The number of carbonyl (C=O) groups is 1. The first-order valence-electron chi connectivity index (χ1n) is 6.28. The van der Waals surface area contributed by atoms with E-state index in [9.17, 15) is 9.90 Å². The fourth-order valence-corrected chi connectivity index (χ4v) is 2.13. The van der Waals surface area contributed by atoms with Crippen LogP contribution in [0.5, 0.6) is 0 Å². The first-order chi connectivity index (χ1) is 9.11. The Labute approximate surface area is 141 Å². The molecule has 0 aliphatic heterocycles.